The van der Waals surface area contributed by atoms with Gasteiger partial charge >= 0.3 is 0 Å². The Balaban J connectivity index is 1.67. The van der Waals surface area contributed by atoms with Gasteiger partial charge in [-0.05, 0) is 32.0 Å². The fourth-order valence-electron chi connectivity index (χ4n) is 4.37. The van der Waals surface area contributed by atoms with Crippen LogP contribution in [0.1, 0.15) is 32.1 Å². The van der Waals surface area contributed by atoms with Gasteiger partial charge in [-0.1, -0.05) is 31.4 Å². The molecule has 1 aliphatic rings. The number of hydrogen-bond acceptors (Lipinski definition) is 9. The van der Waals surface area contributed by atoms with Crippen LogP contribution in [0, 0.1) is 0 Å². The van der Waals surface area contributed by atoms with Gasteiger partial charge in [0.05, 0.1) is 18.1 Å². The number of nitrogens with zero attached hydrogens (tertiary/aromatic N) is 6. The molecule has 0 amide bonds. The summed E-state index contributed by atoms with van der Waals surface area (Å²) in [6, 6.07) is 10.2. The number of anilines is 3. The van der Waals surface area contributed by atoms with Crippen molar-refractivity contribution in [1.82, 2.24) is 25.3 Å². The van der Waals surface area contributed by atoms with E-state index in [1.54, 1.807) is 19.4 Å². The van der Waals surface area contributed by atoms with Crippen LogP contribution in [0.15, 0.2) is 49.1 Å². The van der Waals surface area contributed by atoms with E-state index in [-0.39, 0.29) is 6.61 Å². The lowest BCUT2D eigenvalue weighted by Gasteiger charge is -2.32. The van der Waals surface area contributed by atoms with E-state index in [1.807, 2.05) is 42.3 Å². The van der Waals surface area contributed by atoms with Gasteiger partial charge in [0.1, 0.15) is 36.4 Å². The van der Waals surface area contributed by atoms with Crippen molar-refractivity contribution in [2.75, 3.05) is 44.1 Å². The highest BCUT2D eigenvalue weighted by Crippen LogP contribution is 2.31. The van der Waals surface area contributed by atoms with E-state index in [9.17, 15) is 5.11 Å². The molecular weight excluding hydrogens is 442 g/mol. The fourth-order valence-corrected chi connectivity index (χ4v) is 4.37. The van der Waals surface area contributed by atoms with Crippen molar-refractivity contribution in [1.29, 1.82) is 0 Å². The van der Waals surface area contributed by atoms with E-state index in [0.29, 0.717) is 24.2 Å². The molecule has 35 heavy (non-hydrogen) atoms. The molecule has 186 valence electrons. The van der Waals surface area contributed by atoms with Gasteiger partial charge in [0.15, 0.2) is 5.82 Å². The van der Waals surface area contributed by atoms with E-state index in [1.165, 1.54) is 38.4 Å². The summed E-state index contributed by atoms with van der Waals surface area (Å²) in [6.07, 6.45) is 10.6. The maximum Gasteiger partial charge on any atom is 0.164 e. The number of aliphatic hydroxyl groups is 1. The molecule has 4 rings (SSSR count). The zero-order valence-electron chi connectivity index (χ0n) is 20.8. The maximum absolute atomic E-state index is 9.99. The summed E-state index contributed by atoms with van der Waals surface area (Å²) in [6.45, 7) is 0.675. The zero-order valence-corrected chi connectivity index (χ0v) is 20.8. The van der Waals surface area contributed by atoms with Gasteiger partial charge in [0, 0.05) is 38.3 Å². The Hall–Kier alpha value is -3.30. The Kier molecular flexibility index (Phi) is 8.44. The number of hydrogen-bond donors (Lipinski definition) is 2. The van der Waals surface area contributed by atoms with Gasteiger partial charge in [0.25, 0.3) is 0 Å². The molecule has 0 aliphatic heterocycles. The second kappa shape index (κ2) is 11.9. The monoisotopic (exact) mass is 477 g/mol. The summed E-state index contributed by atoms with van der Waals surface area (Å²) in [5.74, 6) is 2.93. The molecule has 2 N–H and O–H groups in total. The summed E-state index contributed by atoms with van der Waals surface area (Å²) in [5.41, 5.74) is 1.70. The van der Waals surface area contributed by atoms with Gasteiger partial charge in [-0.25, -0.2) is 19.9 Å². The summed E-state index contributed by atoms with van der Waals surface area (Å²) in [5, 5.41) is 12.9. The molecule has 1 aromatic carbocycles. The molecule has 1 saturated carbocycles. The third-order valence-corrected chi connectivity index (χ3v) is 6.44. The van der Waals surface area contributed by atoms with Crippen LogP contribution in [-0.4, -0.2) is 71.5 Å². The average molecular weight is 478 g/mol. The minimum absolute atomic E-state index is 0.206. The average Bonchev–Trinajstić information content (AvgIpc) is 2.92. The lowest BCUT2D eigenvalue weighted by molar-refractivity contribution is 0.108. The van der Waals surface area contributed by atoms with Crippen LogP contribution >= 0.6 is 0 Å². The van der Waals surface area contributed by atoms with Crippen LogP contribution in [0.5, 0.6) is 5.75 Å². The van der Waals surface area contributed by atoms with Crippen LogP contribution in [0.4, 0.5) is 17.3 Å². The fraction of sp³-hybridized carbons (Fsp3) is 0.462. The number of aromatic nitrogens is 4. The molecule has 1 atom stereocenters. The Labute approximate surface area is 207 Å². The highest BCUT2D eigenvalue weighted by atomic mass is 16.5. The summed E-state index contributed by atoms with van der Waals surface area (Å²) < 4.78 is 5.82. The third-order valence-electron chi connectivity index (χ3n) is 6.44. The van der Waals surface area contributed by atoms with Gasteiger partial charge in [-0.15, -0.1) is 0 Å². The second-order valence-corrected chi connectivity index (χ2v) is 9.02. The summed E-state index contributed by atoms with van der Waals surface area (Å²) in [4.78, 5) is 22.4. The molecule has 0 spiro atoms. The van der Waals surface area contributed by atoms with Crippen LogP contribution in [0.2, 0.25) is 0 Å². The number of likely N-dealkylation sites (N-methyl/N-ethyl adjacent to an activating group) is 1. The third kappa shape index (κ3) is 6.43. The standard InChI is InChI=1S/C26H35N7O2/c1-27-16-22(34)17-35-23-11-7-8-19(12-23)26-30-24(32(2)20-9-5-4-6-10-20)13-25(31-26)33(3)21-14-28-18-29-15-21/h7-8,11-15,18,20,22,27,34H,4-6,9-10,16-17H2,1-3H3. The molecule has 1 aliphatic carbocycles. The van der Waals surface area contributed by atoms with Crippen molar-refractivity contribution >= 4 is 17.3 Å². The van der Waals surface area contributed by atoms with Crippen molar-refractivity contribution in [3.63, 3.8) is 0 Å². The molecule has 9 nitrogen and oxygen atoms in total. The van der Waals surface area contributed by atoms with Crippen molar-refractivity contribution in [2.24, 2.45) is 0 Å². The zero-order chi connectivity index (χ0) is 24.6. The molecular formula is C26H35N7O2. The molecule has 2 aromatic heterocycles. The molecule has 3 aromatic rings. The minimum Gasteiger partial charge on any atom is -0.491 e. The van der Waals surface area contributed by atoms with Crippen molar-refractivity contribution < 1.29 is 9.84 Å². The first-order chi connectivity index (χ1) is 17.0. The van der Waals surface area contributed by atoms with Crippen molar-refractivity contribution in [2.45, 2.75) is 44.2 Å². The lowest BCUT2D eigenvalue weighted by Crippen LogP contribution is -2.34. The van der Waals surface area contributed by atoms with Gasteiger partial charge < -0.3 is 25.0 Å². The van der Waals surface area contributed by atoms with Crippen LogP contribution in [0.3, 0.4) is 0 Å². The SMILES string of the molecule is CNCC(O)COc1cccc(-c2nc(N(C)c3cncnc3)cc(N(C)C3CCCCC3)n2)c1. The van der Waals surface area contributed by atoms with Crippen LogP contribution < -0.4 is 19.9 Å². The minimum atomic E-state index is -0.583. The second-order valence-electron chi connectivity index (χ2n) is 9.02. The van der Waals surface area contributed by atoms with Crippen LogP contribution in [-0.2, 0) is 0 Å². The molecule has 0 saturated heterocycles. The smallest absolute Gasteiger partial charge is 0.164 e. The Bertz CT molecular complexity index is 1080. The Morgan fingerprint density at radius 2 is 1.80 bits per heavy atom. The van der Waals surface area contributed by atoms with Gasteiger partial charge in [-0.3, -0.25) is 0 Å². The number of aliphatic hydroxyl groups excluding tert-OH is 1. The van der Waals surface area contributed by atoms with Crippen molar-refractivity contribution in [3.05, 3.63) is 49.1 Å². The quantitative estimate of drug-likeness (QED) is 0.455. The van der Waals surface area contributed by atoms with Crippen molar-refractivity contribution in [3.8, 4) is 17.1 Å². The van der Waals surface area contributed by atoms with E-state index in [0.717, 1.165) is 22.9 Å². The Morgan fingerprint density at radius 1 is 1.06 bits per heavy atom. The predicted molar refractivity (Wildman–Crippen MR) is 138 cm³/mol. The Morgan fingerprint density at radius 3 is 2.54 bits per heavy atom. The van der Waals surface area contributed by atoms with E-state index >= 15 is 0 Å². The largest absolute Gasteiger partial charge is 0.491 e. The highest BCUT2D eigenvalue weighted by molar-refractivity contribution is 5.67. The molecule has 2 heterocycles. The maximum atomic E-state index is 9.99. The first-order valence-electron chi connectivity index (χ1n) is 12.2. The first kappa shape index (κ1) is 24.8. The van der Waals surface area contributed by atoms with Gasteiger partial charge in [0.2, 0.25) is 0 Å². The summed E-state index contributed by atoms with van der Waals surface area (Å²) >= 11 is 0. The first-order valence-corrected chi connectivity index (χ1v) is 12.2. The molecule has 0 radical (unpaired) electrons. The topological polar surface area (TPSA) is 99.5 Å². The number of rotatable bonds is 10. The predicted octanol–water partition coefficient (Wildman–Crippen LogP) is 3.43. The number of ether oxygens (including phenoxy) is 1. The van der Waals surface area contributed by atoms with E-state index in [4.69, 9.17) is 14.7 Å². The summed E-state index contributed by atoms with van der Waals surface area (Å²) in [7, 11) is 5.88. The molecule has 9 heteroatoms. The molecule has 1 unspecified atom stereocenters. The number of nitrogens with one attached hydrogen (secondary N) is 1. The lowest BCUT2D eigenvalue weighted by atomic mass is 9.94. The molecule has 0 bridgehead atoms. The molecule has 1 fully saturated rings. The van der Waals surface area contributed by atoms with E-state index in [2.05, 4.69) is 27.2 Å². The van der Waals surface area contributed by atoms with Crippen LogP contribution in [0.25, 0.3) is 11.4 Å². The normalized spacial score (nSPS) is 15.0. The van der Waals surface area contributed by atoms with Gasteiger partial charge in [-0.2, -0.15) is 0 Å². The van der Waals surface area contributed by atoms with E-state index < -0.39 is 6.10 Å². The highest BCUT2D eigenvalue weighted by Gasteiger charge is 2.22. The number of benzene rings is 1.